The lowest BCUT2D eigenvalue weighted by Gasteiger charge is -2.20. The average Bonchev–Trinajstić information content (AvgIpc) is 2.77. The van der Waals surface area contributed by atoms with Crippen molar-refractivity contribution >= 4 is 17.7 Å². The lowest BCUT2D eigenvalue weighted by molar-refractivity contribution is 0.0936. The van der Waals surface area contributed by atoms with Crippen LogP contribution in [0.15, 0.2) is 18.2 Å². The van der Waals surface area contributed by atoms with Gasteiger partial charge < -0.3 is 10.4 Å². The van der Waals surface area contributed by atoms with Crippen LogP contribution in [0.2, 0.25) is 0 Å². The largest absolute Gasteiger partial charge is 0.507 e. The Morgan fingerprint density at radius 3 is 3.00 bits per heavy atom. The smallest absolute Gasteiger partial charge is 0.255 e. The van der Waals surface area contributed by atoms with Crippen LogP contribution in [-0.2, 0) is 0 Å². The van der Waals surface area contributed by atoms with Crippen LogP contribution in [0.25, 0.3) is 0 Å². The number of carbonyl (C=O) groups excluding carboxylic acids is 1. The van der Waals surface area contributed by atoms with E-state index in [2.05, 4.69) is 12.2 Å². The number of aromatic hydroxyl groups is 1. The van der Waals surface area contributed by atoms with E-state index in [1.807, 2.05) is 11.8 Å². The van der Waals surface area contributed by atoms with Crippen molar-refractivity contribution < 1.29 is 14.3 Å². The first-order valence-corrected chi connectivity index (χ1v) is 7.57. The molecule has 0 saturated heterocycles. The molecule has 0 aliphatic heterocycles. The molecule has 1 aromatic carbocycles. The number of halogens is 1. The van der Waals surface area contributed by atoms with Gasteiger partial charge in [-0.15, -0.1) is 0 Å². The van der Waals surface area contributed by atoms with Crippen molar-refractivity contribution in [3.8, 4) is 5.75 Å². The molecule has 2 atom stereocenters. The van der Waals surface area contributed by atoms with Gasteiger partial charge in [0.05, 0.1) is 5.56 Å². The van der Waals surface area contributed by atoms with E-state index in [0.29, 0.717) is 5.25 Å². The van der Waals surface area contributed by atoms with E-state index in [1.54, 1.807) is 0 Å². The molecule has 2 rings (SSSR count). The second-order valence-corrected chi connectivity index (χ2v) is 6.18. The molecule has 1 fully saturated rings. The van der Waals surface area contributed by atoms with E-state index in [4.69, 9.17) is 0 Å². The van der Waals surface area contributed by atoms with Gasteiger partial charge in [0.2, 0.25) is 0 Å². The monoisotopic (exact) mass is 283 g/mol. The third kappa shape index (κ3) is 3.41. The molecule has 1 saturated carbocycles. The maximum absolute atomic E-state index is 12.9. The average molecular weight is 283 g/mol. The summed E-state index contributed by atoms with van der Waals surface area (Å²) in [6, 6.07) is 3.60. The van der Waals surface area contributed by atoms with Gasteiger partial charge in [0, 0.05) is 17.4 Å². The summed E-state index contributed by atoms with van der Waals surface area (Å²) in [5, 5.41) is 13.0. The first kappa shape index (κ1) is 14.2. The van der Waals surface area contributed by atoms with E-state index in [1.165, 1.54) is 12.1 Å². The molecule has 19 heavy (non-hydrogen) atoms. The Labute approximate surface area is 116 Å². The van der Waals surface area contributed by atoms with E-state index < -0.39 is 5.82 Å². The number of amides is 1. The number of nitrogens with one attached hydrogen (secondary N) is 1. The quantitative estimate of drug-likeness (QED) is 0.893. The summed E-state index contributed by atoms with van der Waals surface area (Å²) in [5.74, 6) is -0.158. The van der Waals surface area contributed by atoms with Crippen LogP contribution in [-0.4, -0.2) is 28.1 Å². The number of thioether (sulfide) groups is 1. The molecule has 1 amide bonds. The third-order valence-corrected chi connectivity index (χ3v) is 4.68. The maximum Gasteiger partial charge on any atom is 0.255 e. The molecular weight excluding hydrogens is 265 g/mol. The fourth-order valence-electron chi connectivity index (χ4n) is 2.45. The number of hydrogen-bond acceptors (Lipinski definition) is 3. The molecule has 2 unspecified atom stereocenters. The topological polar surface area (TPSA) is 49.3 Å². The fourth-order valence-corrected chi connectivity index (χ4v) is 3.65. The van der Waals surface area contributed by atoms with Gasteiger partial charge in [-0.25, -0.2) is 4.39 Å². The highest BCUT2D eigenvalue weighted by Gasteiger charge is 2.29. The highest BCUT2D eigenvalue weighted by molar-refractivity contribution is 7.99. The van der Waals surface area contributed by atoms with Crippen LogP contribution in [0.5, 0.6) is 5.75 Å². The summed E-state index contributed by atoms with van der Waals surface area (Å²) in [7, 11) is 0. The Bertz CT molecular complexity index is 467. The molecule has 3 nitrogen and oxygen atoms in total. The van der Waals surface area contributed by atoms with Crippen molar-refractivity contribution in [2.75, 3.05) is 5.75 Å². The second-order valence-electron chi connectivity index (χ2n) is 4.67. The summed E-state index contributed by atoms with van der Waals surface area (Å²) in [5.41, 5.74) is 0.133. The molecule has 5 heteroatoms. The van der Waals surface area contributed by atoms with Crippen LogP contribution in [0.3, 0.4) is 0 Å². The second kappa shape index (κ2) is 6.28. The summed E-state index contributed by atoms with van der Waals surface area (Å²) in [6.45, 7) is 2.10. The molecule has 0 radical (unpaired) electrons. The molecule has 0 heterocycles. The van der Waals surface area contributed by atoms with E-state index in [0.717, 1.165) is 31.1 Å². The van der Waals surface area contributed by atoms with Crippen LogP contribution in [0, 0.1) is 5.82 Å². The SMILES string of the molecule is CCSC1CCCC1NC(=O)c1ccc(F)cc1O. The van der Waals surface area contributed by atoms with Crippen LogP contribution in [0.1, 0.15) is 36.5 Å². The number of phenolic OH excluding ortho intramolecular Hbond substituents is 1. The molecule has 0 aromatic heterocycles. The van der Waals surface area contributed by atoms with Crippen LogP contribution >= 0.6 is 11.8 Å². The summed E-state index contributed by atoms with van der Waals surface area (Å²) >= 11 is 1.85. The van der Waals surface area contributed by atoms with E-state index in [9.17, 15) is 14.3 Å². The van der Waals surface area contributed by atoms with Crippen LogP contribution < -0.4 is 5.32 Å². The minimum absolute atomic E-state index is 0.133. The fraction of sp³-hybridized carbons (Fsp3) is 0.500. The van der Waals surface area contributed by atoms with Crippen molar-refractivity contribution in [2.24, 2.45) is 0 Å². The van der Waals surface area contributed by atoms with Gasteiger partial charge in [-0.2, -0.15) is 11.8 Å². The number of benzene rings is 1. The summed E-state index contributed by atoms with van der Waals surface area (Å²) < 4.78 is 12.9. The molecular formula is C14H18FNO2S. The highest BCUT2D eigenvalue weighted by Crippen LogP contribution is 2.30. The van der Waals surface area contributed by atoms with Gasteiger partial charge in [-0.1, -0.05) is 13.3 Å². The van der Waals surface area contributed by atoms with Gasteiger partial charge in [0.25, 0.3) is 5.91 Å². The van der Waals surface area contributed by atoms with Gasteiger partial charge in [-0.3, -0.25) is 4.79 Å². The number of hydrogen-bond donors (Lipinski definition) is 2. The Kier molecular flexibility index (Phi) is 4.69. The van der Waals surface area contributed by atoms with Crippen molar-refractivity contribution in [1.82, 2.24) is 5.32 Å². The zero-order valence-electron chi connectivity index (χ0n) is 10.9. The van der Waals surface area contributed by atoms with E-state index >= 15 is 0 Å². The molecule has 104 valence electrons. The maximum atomic E-state index is 12.9. The predicted octanol–water partition coefficient (Wildman–Crippen LogP) is 2.94. The predicted molar refractivity (Wildman–Crippen MR) is 75.1 cm³/mol. The Morgan fingerprint density at radius 1 is 1.53 bits per heavy atom. The minimum Gasteiger partial charge on any atom is -0.507 e. The van der Waals surface area contributed by atoms with Gasteiger partial charge in [0.1, 0.15) is 11.6 Å². The Morgan fingerprint density at radius 2 is 2.32 bits per heavy atom. The number of phenols is 1. The van der Waals surface area contributed by atoms with Crippen LogP contribution in [0.4, 0.5) is 4.39 Å². The lowest BCUT2D eigenvalue weighted by Crippen LogP contribution is -2.38. The van der Waals surface area contributed by atoms with Gasteiger partial charge in [0.15, 0.2) is 0 Å². The van der Waals surface area contributed by atoms with Crippen molar-refractivity contribution in [2.45, 2.75) is 37.5 Å². The molecule has 1 aliphatic rings. The zero-order valence-corrected chi connectivity index (χ0v) is 11.7. The van der Waals surface area contributed by atoms with Crippen molar-refractivity contribution in [3.05, 3.63) is 29.6 Å². The minimum atomic E-state index is -0.547. The summed E-state index contributed by atoms with van der Waals surface area (Å²) in [6.07, 6.45) is 3.18. The first-order valence-electron chi connectivity index (χ1n) is 6.52. The first-order chi connectivity index (χ1) is 9.11. The normalized spacial score (nSPS) is 22.4. The van der Waals surface area contributed by atoms with E-state index in [-0.39, 0.29) is 23.3 Å². The standard InChI is InChI=1S/C14H18FNO2S/c1-2-19-13-5-3-4-11(13)16-14(18)10-7-6-9(15)8-12(10)17/h6-8,11,13,17H,2-5H2,1H3,(H,16,18). The number of carbonyl (C=O) groups is 1. The zero-order chi connectivity index (χ0) is 13.8. The Balaban J connectivity index is 2.04. The summed E-state index contributed by atoms with van der Waals surface area (Å²) in [4.78, 5) is 12.1. The molecule has 2 N–H and O–H groups in total. The van der Waals surface area contributed by atoms with Gasteiger partial charge in [-0.05, 0) is 30.7 Å². The Hall–Kier alpha value is -1.23. The van der Waals surface area contributed by atoms with Crippen molar-refractivity contribution in [1.29, 1.82) is 0 Å². The van der Waals surface area contributed by atoms with Gasteiger partial charge >= 0.3 is 0 Å². The lowest BCUT2D eigenvalue weighted by atomic mass is 10.1. The number of rotatable bonds is 4. The third-order valence-electron chi connectivity index (χ3n) is 3.35. The highest BCUT2D eigenvalue weighted by atomic mass is 32.2. The molecule has 0 bridgehead atoms. The molecule has 1 aromatic rings. The molecule has 1 aliphatic carbocycles. The van der Waals surface area contributed by atoms with Crippen molar-refractivity contribution in [3.63, 3.8) is 0 Å². The molecule has 0 spiro atoms.